The van der Waals surface area contributed by atoms with Gasteiger partial charge >= 0.3 is 0 Å². The van der Waals surface area contributed by atoms with E-state index in [-0.39, 0.29) is 0 Å². The van der Waals surface area contributed by atoms with Gasteiger partial charge in [-0.3, -0.25) is 0 Å². The monoisotopic (exact) mass is 257 g/mol. The van der Waals surface area contributed by atoms with E-state index in [2.05, 4.69) is 31.3 Å². The Hall–Kier alpha value is -0.870. The van der Waals surface area contributed by atoms with E-state index in [4.69, 9.17) is 11.6 Å². The van der Waals surface area contributed by atoms with E-state index >= 15 is 0 Å². The Balaban J connectivity index is 2.53. The minimum atomic E-state index is 0.687. The van der Waals surface area contributed by atoms with Crippen LogP contribution < -0.4 is 0 Å². The summed E-state index contributed by atoms with van der Waals surface area (Å²) < 4.78 is 0.690. The second-order valence-corrected chi connectivity index (χ2v) is 3.66. The van der Waals surface area contributed by atoms with Gasteiger partial charge in [-0.05, 0) is 28.1 Å². The standard InChI is InChI=1S/C8H5BrClN3/c9-8-7(11-13-12-8)5-2-1-3-6(10)4-5/h1-4H,(H,11,12,13). The molecule has 0 saturated heterocycles. The van der Waals surface area contributed by atoms with Crippen molar-refractivity contribution in [2.24, 2.45) is 0 Å². The molecule has 2 aromatic rings. The highest BCUT2D eigenvalue weighted by Crippen LogP contribution is 2.25. The van der Waals surface area contributed by atoms with Crippen LogP contribution in [0.25, 0.3) is 11.3 Å². The summed E-state index contributed by atoms with van der Waals surface area (Å²) in [6.45, 7) is 0. The van der Waals surface area contributed by atoms with Crippen molar-refractivity contribution in [1.29, 1.82) is 0 Å². The van der Waals surface area contributed by atoms with Gasteiger partial charge < -0.3 is 0 Å². The van der Waals surface area contributed by atoms with Crippen molar-refractivity contribution in [1.82, 2.24) is 15.4 Å². The summed E-state index contributed by atoms with van der Waals surface area (Å²) in [6.07, 6.45) is 0. The van der Waals surface area contributed by atoms with Crippen molar-refractivity contribution in [2.75, 3.05) is 0 Å². The lowest BCUT2D eigenvalue weighted by molar-refractivity contribution is 0.935. The van der Waals surface area contributed by atoms with E-state index in [1.165, 1.54) is 0 Å². The van der Waals surface area contributed by atoms with Gasteiger partial charge in [0.05, 0.1) is 0 Å². The molecule has 0 bridgehead atoms. The van der Waals surface area contributed by atoms with E-state index in [1.54, 1.807) is 0 Å². The Morgan fingerprint density at radius 1 is 1.31 bits per heavy atom. The molecule has 0 unspecified atom stereocenters. The molecule has 0 radical (unpaired) electrons. The molecule has 1 N–H and O–H groups in total. The second kappa shape index (κ2) is 3.47. The van der Waals surface area contributed by atoms with Crippen LogP contribution in [-0.4, -0.2) is 15.4 Å². The molecule has 13 heavy (non-hydrogen) atoms. The number of nitrogens with one attached hydrogen (secondary N) is 1. The predicted molar refractivity (Wildman–Crippen MR) is 54.5 cm³/mol. The molecule has 2 rings (SSSR count). The van der Waals surface area contributed by atoms with Crippen molar-refractivity contribution < 1.29 is 0 Å². The number of benzene rings is 1. The smallest absolute Gasteiger partial charge is 0.156 e. The first-order valence-electron chi connectivity index (χ1n) is 3.59. The molecule has 0 fully saturated rings. The molecule has 0 aliphatic rings. The molecule has 1 aromatic heterocycles. The van der Waals surface area contributed by atoms with Crippen molar-refractivity contribution in [2.45, 2.75) is 0 Å². The third-order valence-electron chi connectivity index (χ3n) is 1.60. The van der Waals surface area contributed by atoms with Gasteiger partial charge in [-0.25, -0.2) is 0 Å². The molecule has 66 valence electrons. The van der Waals surface area contributed by atoms with Crippen LogP contribution in [0.1, 0.15) is 0 Å². The Morgan fingerprint density at radius 2 is 2.15 bits per heavy atom. The van der Waals surface area contributed by atoms with Gasteiger partial charge in [0.1, 0.15) is 5.69 Å². The average Bonchev–Trinajstić information content (AvgIpc) is 2.51. The zero-order chi connectivity index (χ0) is 9.26. The summed E-state index contributed by atoms with van der Waals surface area (Å²) in [5.74, 6) is 0. The topological polar surface area (TPSA) is 41.6 Å². The van der Waals surface area contributed by atoms with Gasteiger partial charge in [0.15, 0.2) is 4.60 Å². The number of nitrogens with zero attached hydrogens (tertiary/aromatic N) is 2. The summed E-state index contributed by atoms with van der Waals surface area (Å²) in [5.41, 5.74) is 1.70. The summed E-state index contributed by atoms with van der Waals surface area (Å²) >= 11 is 9.12. The highest BCUT2D eigenvalue weighted by atomic mass is 79.9. The first-order chi connectivity index (χ1) is 6.27. The lowest BCUT2D eigenvalue weighted by atomic mass is 10.2. The minimum absolute atomic E-state index is 0.687. The summed E-state index contributed by atoms with van der Waals surface area (Å²) in [4.78, 5) is 0. The number of halogens is 2. The molecule has 0 saturated carbocycles. The van der Waals surface area contributed by atoms with Crippen LogP contribution in [0, 0.1) is 0 Å². The van der Waals surface area contributed by atoms with Crippen LogP contribution in [-0.2, 0) is 0 Å². The Kier molecular flexibility index (Phi) is 2.33. The third kappa shape index (κ3) is 1.73. The third-order valence-corrected chi connectivity index (χ3v) is 2.39. The Labute approximate surface area is 88.2 Å². The molecule has 3 nitrogen and oxygen atoms in total. The maximum atomic E-state index is 5.84. The van der Waals surface area contributed by atoms with Crippen molar-refractivity contribution in [3.8, 4) is 11.3 Å². The predicted octanol–water partition coefficient (Wildman–Crippen LogP) is 2.89. The molecule has 0 spiro atoms. The molecular formula is C8H5BrClN3. The average molecular weight is 259 g/mol. The van der Waals surface area contributed by atoms with E-state index in [1.807, 2.05) is 24.3 Å². The zero-order valence-electron chi connectivity index (χ0n) is 6.46. The largest absolute Gasteiger partial charge is 0.196 e. The van der Waals surface area contributed by atoms with E-state index < -0.39 is 0 Å². The van der Waals surface area contributed by atoms with Gasteiger partial charge in [-0.15, -0.1) is 5.10 Å². The van der Waals surface area contributed by atoms with E-state index in [0.29, 0.717) is 9.63 Å². The molecule has 0 aliphatic carbocycles. The lowest BCUT2D eigenvalue weighted by Gasteiger charge is -1.96. The van der Waals surface area contributed by atoms with Gasteiger partial charge in [-0.1, -0.05) is 23.7 Å². The van der Waals surface area contributed by atoms with E-state index in [9.17, 15) is 0 Å². The fraction of sp³-hybridized carbons (Fsp3) is 0. The maximum absolute atomic E-state index is 5.84. The molecule has 1 heterocycles. The number of aromatic nitrogens is 3. The number of aromatic amines is 1. The fourth-order valence-corrected chi connectivity index (χ4v) is 1.62. The maximum Gasteiger partial charge on any atom is 0.156 e. The van der Waals surface area contributed by atoms with Crippen LogP contribution in [0.5, 0.6) is 0 Å². The molecular weight excluding hydrogens is 253 g/mol. The fourth-order valence-electron chi connectivity index (χ4n) is 1.04. The normalized spacial score (nSPS) is 10.3. The molecule has 1 aromatic carbocycles. The Bertz CT molecular complexity index is 427. The van der Waals surface area contributed by atoms with Crippen LogP contribution in [0.3, 0.4) is 0 Å². The van der Waals surface area contributed by atoms with Crippen molar-refractivity contribution in [3.63, 3.8) is 0 Å². The number of hydrogen-bond acceptors (Lipinski definition) is 2. The van der Waals surface area contributed by atoms with Crippen LogP contribution in [0.4, 0.5) is 0 Å². The molecule has 0 aliphatic heterocycles. The highest BCUT2D eigenvalue weighted by molar-refractivity contribution is 9.10. The molecule has 5 heteroatoms. The SMILES string of the molecule is Clc1cccc(-c2n[nH]nc2Br)c1. The first-order valence-corrected chi connectivity index (χ1v) is 4.76. The summed E-state index contributed by atoms with van der Waals surface area (Å²) in [5, 5.41) is 11.1. The summed E-state index contributed by atoms with van der Waals surface area (Å²) in [6, 6.07) is 7.45. The van der Waals surface area contributed by atoms with Crippen molar-refractivity contribution >= 4 is 27.5 Å². The first kappa shape index (κ1) is 8.72. The van der Waals surface area contributed by atoms with Gasteiger partial charge in [0.2, 0.25) is 0 Å². The number of rotatable bonds is 1. The van der Waals surface area contributed by atoms with Gasteiger partial charge in [-0.2, -0.15) is 10.3 Å². The summed E-state index contributed by atoms with van der Waals surface area (Å²) in [7, 11) is 0. The van der Waals surface area contributed by atoms with Gasteiger partial charge in [0.25, 0.3) is 0 Å². The second-order valence-electron chi connectivity index (χ2n) is 2.47. The van der Waals surface area contributed by atoms with Crippen LogP contribution in [0.15, 0.2) is 28.9 Å². The van der Waals surface area contributed by atoms with Crippen LogP contribution >= 0.6 is 27.5 Å². The molecule has 0 amide bonds. The number of H-pyrrole nitrogens is 1. The number of hydrogen-bond donors (Lipinski definition) is 1. The van der Waals surface area contributed by atoms with E-state index in [0.717, 1.165) is 11.3 Å². The van der Waals surface area contributed by atoms with Gasteiger partial charge in [0, 0.05) is 10.6 Å². The molecule has 0 atom stereocenters. The quantitative estimate of drug-likeness (QED) is 0.854. The zero-order valence-corrected chi connectivity index (χ0v) is 8.80. The minimum Gasteiger partial charge on any atom is -0.196 e. The highest BCUT2D eigenvalue weighted by Gasteiger charge is 2.06. The Morgan fingerprint density at radius 3 is 2.77 bits per heavy atom. The lowest BCUT2D eigenvalue weighted by Crippen LogP contribution is -1.78. The van der Waals surface area contributed by atoms with Crippen molar-refractivity contribution in [3.05, 3.63) is 33.9 Å². The van der Waals surface area contributed by atoms with Crippen LogP contribution in [0.2, 0.25) is 5.02 Å².